The molecule has 0 amide bonds. The number of aryl methyl sites for hydroxylation is 1. The van der Waals surface area contributed by atoms with Crippen molar-refractivity contribution in [3.8, 4) is 6.07 Å². The standard InChI is InChI=1S/C18H15ClN4/c1-11-18-17(7-12(8-20)9-21-18)23(22-11)10-15-14(13-5-6-13)3-2-4-16(15)19/h2-4,7,9,13H,5-6,10H2,1H3. The number of nitrogens with zero attached hydrogens (tertiary/aromatic N) is 4. The summed E-state index contributed by atoms with van der Waals surface area (Å²) in [6.45, 7) is 2.54. The Kier molecular flexibility index (Phi) is 3.32. The summed E-state index contributed by atoms with van der Waals surface area (Å²) in [6, 6.07) is 10.1. The molecule has 0 aliphatic heterocycles. The first-order valence-corrected chi connectivity index (χ1v) is 8.05. The highest BCUT2D eigenvalue weighted by Gasteiger charge is 2.27. The molecule has 0 spiro atoms. The van der Waals surface area contributed by atoms with Gasteiger partial charge in [-0.1, -0.05) is 23.7 Å². The van der Waals surface area contributed by atoms with E-state index in [0.29, 0.717) is 18.0 Å². The minimum Gasteiger partial charge on any atom is -0.258 e. The van der Waals surface area contributed by atoms with Crippen LogP contribution in [0.5, 0.6) is 0 Å². The van der Waals surface area contributed by atoms with Gasteiger partial charge in [-0.25, -0.2) is 0 Å². The van der Waals surface area contributed by atoms with E-state index in [-0.39, 0.29) is 0 Å². The maximum absolute atomic E-state index is 9.11. The quantitative estimate of drug-likeness (QED) is 0.726. The molecule has 1 aromatic carbocycles. The van der Waals surface area contributed by atoms with Gasteiger partial charge in [-0.3, -0.25) is 9.67 Å². The first kappa shape index (κ1) is 14.2. The highest BCUT2D eigenvalue weighted by Crippen LogP contribution is 2.43. The Bertz CT molecular complexity index is 948. The second-order valence-corrected chi connectivity index (χ2v) is 6.44. The van der Waals surface area contributed by atoms with Gasteiger partial charge in [-0.2, -0.15) is 10.4 Å². The van der Waals surface area contributed by atoms with E-state index in [9.17, 15) is 0 Å². The zero-order chi connectivity index (χ0) is 16.0. The Morgan fingerprint density at radius 2 is 2.22 bits per heavy atom. The van der Waals surface area contributed by atoms with Crippen molar-refractivity contribution in [1.82, 2.24) is 14.8 Å². The molecule has 0 bridgehead atoms. The van der Waals surface area contributed by atoms with Gasteiger partial charge in [-0.05, 0) is 48.9 Å². The summed E-state index contributed by atoms with van der Waals surface area (Å²) in [7, 11) is 0. The molecule has 1 saturated carbocycles. The van der Waals surface area contributed by atoms with Crippen LogP contribution >= 0.6 is 11.6 Å². The minimum absolute atomic E-state index is 0.542. The van der Waals surface area contributed by atoms with Crippen LogP contribution in [0.25, 0.3) is 11.0 Å². The van der Waals surface area contributed by atoms with E-state index in [0.717, 1.165) is 27.3 Å². The lowest BCUT2D eigenvalue weighted by molar-refractivity contribution is 0.697. The average molecular weight is 323 g/mol. The molecule has 1 fully saturated rings. The molecule has 1 aliphatic carbocycles. The molecule has 0 unspecified atom stereocenters. The van der Waals surface area contributed by atoms with Gasteiger partial charge in [-0.15, -0.1) is 0 Å². The van der Waals surface area contributed by atoms with Crippen LogP contribution in [0.4, 0.5) is 0 Å². The monoisotopic (exact) mass is 322 g/mol. The Morgan fingerprint density at radius 1 is 1.39 bits per heavy atom. The summed E-state index contributed by atoms with van der Waals surface area (Å²) in [6.07, 6.45) is 4.05. The Balaban J connectivity index is 1.84. The molecule has 0 radical (unpaired) electrons. The Hall–Kier alpha value is -2.38. The highest BCUT2D eigenvalue weighted by molar-refractivity contribution is 6.31. The molecule has 4 rings (SSSR count). The Labute approximate surface area is 139 Å². The van der Waals surface area contributed by atoms with Crippen molar-refractivity contribution in [2.45, 2.75) is 32.2 Å². The van der Waals surface area contributed by atoms with Crippen molar-refractivity contribution < 1.29 is 0 Å². The number of halogens is 1. The lowest BCUT2D eigenvalue weighted by atomic mass is 10.0. The fourth-order valence-corrected chi connectivity index (χ4v) is 3.30. The molecule has 4 nitrogen and oxygen atoms in total. The predicted molar refractivity (Wildman–Crippen MR) is 89.5 cm³/mol. The fourth-order valence-electron chi connectivity index (χ4n) is 3.06. The summed E-state index contributed by atoms with van der Waals surface area (Å²) in [5, 5.41) is 14.5. The molecular weight excluding hydrogens is 308 g/mol. The first-order chi connectivity index (χ1) is 11.2. The van der Waals surface area contributed by atoms with Crippen molar-refractivity contribution >= 4 is 22.6 Å². The third-order valence-electron chi connectivity index (χ3n) is 4.37. The van der Waals surface area contributed by atoms with E-state index < -0.39 is 0 Å². The van der Waals surface area contributed by atoms with Gasteiger partial charge in [0.1, 0.15) is 11.6 Å². The first-order valence-electron chi connectivity index (χ1n) is 7.68. The number of rotatable bonds is 3. The zero-order valence-electron chi connectivity index (χ0n) is 12.8. The zero-order valence-corrected chi connectivity index (χ0v) is 13.5. The smallest absolute Gasteiger partial charge is 0.111 e. The number of hydrogen-bond acceptors (Lipinski definition) is 3. The van der Waals surface area contributed by atoms with E-state index in [1.165, 1.54) is 18.4 Å². The van der Waals surface area contributed by atoms with Crippen LogP contribution in [0.2, 0.25) is 5.02 Å². The second kappa shape index (κ2) is 5.36. The van der Waals surface area contributed by atoms with Crippen molar-refractivity contribution in [2.24, 2.45) is 0 Å². The lowest BCUT2D eigenvalue weighted by Crippen LogP contribution is -2.05. The maximum Gasteiger partial charge on any atom is 0.111 e. The second-order valence-electron chi connectivity index (χ2n) is 6.03. The SMILES string of the molecule is Cc1nn(Cc2c(Cl)cccc2C2CC2)c2cc(C#N)cnc12. The summed E-state index contributed by atoms with van der Waals surface area (Å²) < 4.78 is 1.91. The fraction of sp³-hybridized carbons (Fsp3) is 0.278. The largest absolute Gasteiger partial charge is 0.258 e. The third-order valence-corrected chi connectivity index (χ3v) is 4.72. The van der Waals surface area contributed by atoms with Crippen LogP contribution < -0.4 is 0 Å². The average Bonchev–Trinajstić information content (AvgIpc) is 3.35. The van der Waals surface area contributed by atoms with Gasteiger partial charge in [0.05, 0.1) is 23.3 Å². The van der Waals surface area contributed by atoms with Gasteiger partial charge >= 0.3 is 0 Å². The predicted octanol–water partition coefficient (Wildman–Crippen LogP) is 4.19. The normalized spacial score (nSPS) is 14.1. The Morgan fingerprint density at radius 3 is 2.96 bits per heavy atom. The molecule has 2 heterocycles. The van der Waals surface area contributed by atoms with Gasteiger partial charge in [0.15, 0.2) is 0 Å². The molecule has 0 saturated heterocycles. The molecule has 114 valence electrons. The van der Waals surface area contributed by atoms with Crippen molar-refractivity contribution in [2.75, 3.05) is 0 Å². The summed E-state index contributed by atoms with van der Waals surface area (Å²) in [5.41, 5.74) is 5.57. The third kappa shape index (κ3) is 2.47. The summed E-state index contributed by atoms with van der Waals surface area (Å²) in [4.78, 5) is 4.37. The minimum atomic E-state index is 0.542. The number of benzene rings is 1. The van der Waals surface area contributed by atoms with Crippen LogP contribution in [0.15, 0.2) is 30.5 Å². The van der Waals surface area contributed by atoms with Gasteiger partial charge in [0.25, 0.3) is 0 Å². The highest BCUT2D eigenvalue weighted by atomic mass is 35.5. The van der Waals surface area contributed by atoms with Gasteiger partial charge in [0, 0.05) is 11.2 Å². The van der Waals surface area contributed by atoms with Crippen LogP contribution in [0.3, 0.4) is 0 Å². The van der Waals surface area contributed by atoms with E-state index >= 15 is 0 Å². The molecular formula is C18H15ClN4. The van der Waals surface area contributed by atoms with Crippen molar-refractivity contribution in [3.05, 3.63) is 57.9 Å². The molecule has 0 atom stereocenters. The van der Waals surface area contributed by atoms with Crippen LogP contribution in [-0.2, 0) is 6.54 Å². The molecule has 23 heavy (non-hydrogen) atoms. The maximum atomic E-state index is 9.11. The summed E-state index contributed by atoms with van der Waals surface area (Å²) in [5.74, 6) is 0.624. The van der Waals surface area contributed by atoms with E-state index in [4.69, 9.17) is 16.9 Å². The summed E-state index contributed by atoms with van der Waals surface area (Å²) >= 11 is 6.46. The van der Waals surface area contributed by atoms with Crippen molar-refractivity contribution in [1.29, 1.82) is 5.26 Å². The molecule has 1 aliphatic rings. The lowest BCUT2D eigenvalue weighted by Gasteiger charge is -2.12. The number of aromatic nitrogens is 3. The van der Waals surface area contributed by atoms with Crippen LogP contribution in [0.1, 0.15) is 41.1 Å². The van der Waals surface area contributed by atoms with E-state index in [1.807, 2.05) is 29.8 Å². The van der Waals surface area contributed by atoms with Crippen LogP contribution in [-0.4, -0.2) is 14.8 Å². The molecule has 3 aromatic rings. The van der Waals surface area contributed by atoms with Crippen molar-refractivity contribution in [3.63, 3.8) is 0 Å². The molecule has 2 aromatic heterocycles. The number of pyridine rings is 1. The van der Waals surface area contributed by atoms with E-state index in [2.05, 4.69) is 22.2 Å². The van der Waals surface area contributed by atoms with E-state index in [1.54, 1.807) is 6.20 Å². The topological polar surface area (TPSA) is 54.5 Å². The molecule has 5 heteroatoms. The van der Waals surface area contributed by atoms with Crippen LogP contribution in [0, 0.1) is 18.3 Å². The molecule has 0 N–H and O–H groups in total. The number of hydrogen-bond donors (Lipinski definition) is 0. The van der Waals surface area contributed by atoms with Gasteiger partial charge in [0.2, 0.25) is 0 Å². The van der Waals surface area contributed by atoms with Gasteiger partial charge < -0.3 is 0 Å². The number of nitriles is 1. The number of fused-ring (bicyclic) bond motifs is 1.